The lowest BCUT2D eigenvalue weighted by Crippen LogP contribution is -2.26. The Bertz CT molecular complexity index is 874. The summed E-state index contributed by atoms with van der Waals surface area (Å²) in [6, 6.07) is 10.6. The van der Waals surface area contributed by atoms with Crippen molar-refractivity contribution in [1.29, 1.82) is 0 Å². The minimum absolute atomic E-state index is 0.453. The number of likely N-dealkylation sites (tertiary alicyclic amines) is 1. The van der Waals surface area contributed by atoms with E-state index in [9.17, 15) is 0 Å². The minimum Gasteiger partial charge on any atom is -0.367 e. The number of anilines is 1. The van der Waals surface area contributed by atoms with Crippen molar-refractivity contribution < 1.29 is 0 Å². The molecular formula is C20H24ClN5. The number of aryl methyl sites for hydroxylation is 1. The molecule has 3 aromatic heterocycles. The highest BCUT2D eigenvalue weighted by atomic mass is 35.5. The Labute approximate surface area is 159 Å². The first kappa shape index (κ1) is 17.3. The lowest BCUT2D eigenvalue weighted by Gasteiger charge is -2.20. The normalized spacial score (nSPS) is 18.8. The third kappa shape index (κ3) is 3.84. The molecule has 6 heteroatoms. The van der Waals surface area contributed by atoms with Crippen LogP contribution in [-0.4, -0.2) is 38.4 Å². The molecule has 0 bridgehead atoms. The first-order valence-corrected chi connectivity index (χ1v) is 9.60. The molecule has 0 amide bonds. The number of nitrogens with zero attached hydrogens (tertiary/aromatic N) is 4. The lowest BCUT2D eigenvalue weighted by atomic mass is 10.1. The largest absolute Gasteiger partial charge is 0.367 e. The zero-order valence-corrected chi connectivity index (χ0v) is 15.8. The number of pyridine rings is 2. The summed E-state index contributed by atoms with van der Waals surface area (Å²) in [6.45, 7) is 5.15. The molecule has 4 heterocycles. The van der Waals surface area contributed by atoms with Crippen LogP contribution < -0.4 is 5.32 Å². The average Bonchev–Trinajstić information content (AvgIpc) is 2.81. The van der Waals surface area contributed by atoms with Crippen molar-refractivity contribution in [3.8, 4) is 0 Å². The molecule has 26 heavy (non-hydrogen) atoms. The van der Waals surface area contributed by atoms with E-state index in [4.69, 9.17) is 16.6 Å². The third-order valence-corrected chi connectivity index (χ3v) is 5.30. The van der Waals surface area contributed by atoms with Gasteiger partial charge in [-0.25, -0.2) is 9.97 Å². The lowest BCUT2D eigenvalue weighted by molar-refractivity contribution is 0.274. The van der Waals surface area contributed by atoms with Crippen molar-refractivity contribution >= 4 is 22.9 Å². The molecule has 0 aromatic carbocycles. The second kappa shape index (κ2) is 7.64. The zero-order chi connectivity index (χ0) is 17.9. The smallest absolute Gasteiger partial charge is 0.126 e. The maximum absolute atomic E-state index is 5.92. The van der Waals surface area contributed by atoms with Crippen molar-refractivity contribution in [3.05, 3.63) is 59.3 Å². The Balaban J connectivity index is 1.39. The number of hydrogen-bond acceptors (Lipinski definition) is 4. The van der Waals surface area contributed by atoms with Crippen molar-refractivity contribution in [2.45, 2.75) is 38.8 Å². The molecule has 3 aromatic rings. The van der Waals surface area contributed by atoms with Crippen LogP contribution in [0, 0.1) is 6.92 Å². The molecule has 1 fully saturated rings. The van der Waals surface area contributed by atoms with Gasteiger partial charge in [-0.1, -0.05) is 17.7 Å². The van der Waals surface area contributed by atoms with E-state index < -0.39 is 0 Å². The highest BCUT2D eigenvalue weighted by Gasteiger charge is 2.19. The summed E-state index contributed by atoms with van der Waals surface area (Å²) in [5, 5.41) is 4.22. The van der Waals surface area contributed by atoms with Crippen LogP contribution in [0.1, 0.15) is 30.8 Å². The number of imidazole rings is 1. The number of rotatable bonds is 4. The van der Waals surface area contributed by atoms with Crippen LogP contribution >= 0.6 is 11.6 Å². The number of aromatic nitrogens is 3. The van der Waals surface area contributed by atoms with E-state index in [0.717, 1.165) is 44.1 Å². The number of nitrogens with one attached hydrogen (secondary N) is 1. The van der Waals surface area contributed by atoms with Crippen LogP contribution in [-0.2, 0) is 6.54 Å². The topological polar surface area (TPSA) is 45.5 Å². The molecule has 1 N–H and O–H groups in total. The van der Waals surface area contributed by atoms with Crippen LogP contribution in [0.4, 0.5) is 5.82 Å². The summed E-state index contributed by atoms with van der Waals surface area (Å²) in [6.07, 6.45) is 7.22. The molecule has 0 spiro atoms. The monoisotopic (exact) mass is 369 g/mol. The Morgan fingerprint density at radius 2 is 2.12 bits per heavy atom. The molecule has 0 radical (unpaired) electrons. The molecule has 0 unspecified atom stereocenters. The summed E-state index contributed by atoms with van der Waals surface area (Å²) in [7, 11) is 0. The Morgan fingerprint density at radius 3 is 2.96 bits per heavy atom. The average molecular weight is 370 g/mol. The number of fused-ring (bicyclic) bond motifs is 1. The van der Waals surface area contributed by atoms with Crippen LogP contribution in [0.5, 0.6) is 0 Å². The SMILES string of the molecule is Cc1nc(CN2CCC[C@@H](Nc3ccc(Cl)cn3)CC2)c2ccccn12. The molecule has 1 saturated heterocycles. The van der Waals surface area contributed by atoms with E-state index in [1.807, 2.05) is 12.1 Å². The van der Waals surface area contributed by atoms with Crippen molar-refractivity contribution in [2.75, 3.05) is 18.4 Å². The summed E-state index contributed by atoms with van der Waals surface area (Å²) < 4.78 is 2.17. The first-order chi connectivity index (χ1) is 12.7. The number of hydrogen-bond donors (Lipinski definition) is 1. The fourth-order valence-corrected chi connectivity index (χ4v) is 3.84. The highest BCUT2D eigenvalue weighted by Crippen LogP contribution is 2.20. The standard InChI is InChI=1S/C20H24ClN5/c1-15-23-18(19-6-2-3-11-26(15)19)14-25-10-4-5-17(9-12-25)24-20-8-7-16(21)13-22-20/h2-3,6-8,11,13,17H,4-5,9-10,12,14H2,1H3,(H,22,24)/t17-/m1/s1. The van der Waals surface area contributed by atoms with E-state index >= 15 is 0 Å². The molecule has 0 saturated carbocycles. The molecule has 5 nitrogen and oxygen atoms in total. The van der Waals surface area contributed by atoms with Gasteiger partial charge in [-0.3, -0.25) is 4.90 Å². The molecule has 0 aliphatic carbocycles. The van der Waals surface area contributed by atoms with E-state index in [1.54, 1.807) is 6.20 Å². The van der Waals surface area contributed by atoms with Gasteiger partial charge in [-0.15, -0.1) is 0 Å². The van der Waals surface area contributed by atoms with Crippen molar-refractivity contribution in [1.82, 2.24) is 19.3 Å². The summed E-state index contributed by atoms with van der Waals surface area (Å²) in [4.78, 5) is 11.7. The molecule has 136 valence electrons. The number of halogens is 1. The van der Waals surface area contributed by atoms with Gasteiger partial charge in [0.1, 0.15) is 11.6 Å². The fourth-order valence-electron chi connectivity index (χ4n) is 3.72. The van der Waals surface area contributed by atoms with Crippen LogP contribution in [0.2, 0.25) is 5.02 Å². The summed E-state index contributed by atoms with van der Waals surface area (Å²) >= 11 is 5.92. The minimum atomic E-state index is 0.453. The van der Waals surface area contributed by atoms with Gasteiger partial charge < -0.3 is 9.72 Å². The van der Waals surface area contributed by atoms with E-state index in [0.29, 0.717) is 11.1 Å². The Kier molecular flexibility index (Phi) is 5.09. The van der Waals surface area contributed by atoms with Crippen LogP contribution in [0.15, 0.2) is 42.7 Å². The summed E-state index contributed by atoms with van der Waals surface area (Å²) in [5.41, 5.74) is 2.39. The maximum atomic E-state index is 5.92. The zero-order valence-electron chi connectivity index (χ0n) is 15.0. The fraction of sp³-hybridized carbons (Fsp3) is 0.400. The van der Waals surface area contributed by atoms with Gasteiger partial charge in [-0.2, -0.15) is 0 Å². The van der Waals surface area contributed by atoms with E-state index in [1.165, 1.54) is 17.6 Å². The van der Waals surface area contributed by atoms with Gasteiger partial charge in [0.05, 0.1) is 16.2 Å². The van der Waals surface area contributed by atoms with Gasteiger partial charge in [0.15, 0.2) is 0 Å². The first-order valence-electron chi connectivity index (χ1n) is 9.22. The second-order valence-electron chi connectivity index (χ2n) is 6.97. The Hall–Kier alpha value is -2.11. The van der Waals surface area contributed by atoms with Crippen molar-refractivity contribution in [2.24, 2.45) is 0 Å². The van der Waals surface area contributed by atoms with Gasteiger partial charge in [0.2, 0.25) is 0 Å². The molecular weight excluding hydrogens is 346 g/mol. The maximum Gasteiger partial charge on any atom is 0.126 e. The quantitative estimate of drug-likeness (QED) is 0.750. The summed E-state index contributed by atoms with van der Waals surface area (Å²) in [5.74, 6) is 1.96. The van der Waals surface area contributed by atoms with E-state index in [2.05, 4.69) is 50.9 Å². The van der Waals surface area contributed by atoms with Crippen molar-refractivity contribution in [3.63, 3.8) is 0 Å². The predicted octanol–water partition coefficient (Wildman–Crippen LogP) is 4.16. The van der Waals surface area contributed by atoms with Gasteiger partial charge in [0.25, 0.3) is 0 Å². The van der Waals surface area contributed by atoms with Gasteiger partial charge >= 0.3 is 0 Å². The molecule has 1 atom stereocenters. The highest BCUT2D eigenvalue weighted by molar-refractivity contribution is 6.30. The van der Waals surface area contributed by atoms with Crippen LogP contribution in [0.3, 0.4) is 0 Å². The van der Waals surface area contributed by atoms with Gasteiger partial charge in [-0.05, 0) is 57.0 Å². The molecule has 1 aliphatic rings. The molecule has 1 aliphatic heterocycles. The predicted molar refractivity (Wildman–Crippen MR) is 106 cm³/mol. The third-order valence-electron chi connectivity index (χ3n) is 5.07. The second-order valence-corrected chi connectivity index (χ2v) is 7.41. The molecule has 4 rings (SSSR count). The van der Waals surface area contributed by atoms with Crippen LogP contribution in [0.25, 0.3) is 5.52 Å². The van der Waals surface area contributed by atoms with E-state index in [-0.39, 0.29) is 0 Å². The Morgan fingerprint density at radius 1 is 1.19 bits per heavy atom. The van der Waals surface area contributed by atoms with Gasteiger partial charge in [0, 0.05) is 31.5 Å².